The Kier molecular flexibility index (Phi) is 6.27. The van der Waals surface area contributed by atoms with Crippen molar-refractivity contribution in [3.8, 4) is 11.5 Å². The van der Waals surface area contributed by atoms with Crippen LogP contribution in [-0.2, 0) is 6.54 Å². The van der Waals surface area contributed by atoms with E-state index in [1.807, 2.05) is 72.8 Å². The van der Waals surface area contributed by atoms with E-state index in [0.29, 0.717) is 12.2 Å². The van der Waals surface area contributed by atoms with Gasteiger partial charge in [0.2, 0.25) is 0 Å². The number of para-hydroxylation sites is 1. The van der Waals surface area contributed by atoms with Crippen molar-refractivity contribution < 1.29 is 9.13 Å². The SMILES string of the molecule is Fc1ccc(Nc2ccnc3ccc(NCc4cccc(Oc5ccccc5)c4)cc23)cc1Cl. The van der Waals surface area contributed by atoms with Crippen LogP contribution in [0.4, 0.5) is 21.5 Å². The van der Waals surface area contributed by atoms with Crippen LogP contribution >= 0.6 is 11.6 Å². The van der Waals surface area contributed by atoms with E-state index in [0.717, 1.165) is 39.3 Å². The number of pyridine rings is 1. The molecule has 1 aromatic heterocycles. The normalized spacial score (nSPS) is 10.8. The molecule has 0 radical (unpaired) electrons. The molecule has 6 heteroatoms. The largest absolute Gasteiger partial charge is 0.457 e. The van der Waals surface area contributed by atoms with E-state index >= 15 is 0 Å². The molecule has 1 heterocycles. The number of benzene rings is 4. The van der Waals surface area contributed by atoms with Crippen LogP contribution in [0.15, 0.2) is 103 Å². The standard InChI is InChI=1S/C28H21ClFN3O/c29-25-17-21(9-11-26(25)30)33-28-13-14-31-27-12-10-20(16-24(27)28)32-18-19-5-4-8-23(15-19)34-22-6-2-1-3-7-22/h1-17,32H,18H2,(H,31,33). The minimum Gasteiger partial charge on any atom is -0.457 e. The average Bonchev–Trinajstić information content (AvgIpc) is 2.86. The van der Waals surface area contributed by atoms with Crippen molar-refractivity contribution in [2.24, 2.45) is 0 Å². The lowest BCUT2D eigenvalue weighted by Crippen LogP contribution is -2.00. The molecule has 5 aromatic rings. The average molecular weight is 470 g/mol. The molecular weight excluding hydrogens is 449 g/mol. The van der Waals surface area contributed by atoms with Crippen LogP contribution in [0, 0.1) is 5.82 Å². The molecule has 0 unspecified atom stereocenters. The van der Waals surface area contributed by atoms with Gasteiger partial charge < -0.3 is 15.4 Å². The van der Waals surface area contributed by atoms with Crippen LogP contribution in [0.1, 0.15) is 5.56 Å². The maximum Gasteiger partial charge on any atom is 0.141 e. The van der Waals surface area contributed by atoms with Crippen LogP contribution in [0.3, 0.4) is 0 Å². The van der Waals surface area contributed by atoms with Crippen LogP contribution in [0.2, 0.25) is 5.02 Å². The molecule has 0 fully saturated rings. The molecule has 2 N–H and O–H groups in total. The van der Waals surface area contributed by atoms with Crippen LogP contribution in [0.25, 0.3) is 10.9 Å². The Morgan fingerprint density at radius 3 is 2.47 bits per heavy atom. The summed E-state index contributed by atoms with van der Waals surface area (Å²) in [6.07, 6.45) is 1.74. The number of nitrogens with one attached hydrogen (secondary N) is 2. The van der Waals surface area contributed by atoms with Gasteiger partial charge in [-0.2, -0.15) is 0 Å². The number of nitrogens with zero attached hydrogens (tertiary/aromatic N) is 1. The smallest absolute Gasteiger partial charge is 0.141 e. The summed E-state index contributed by atoms with van der Waals surface area (Å²) >= 11 is 5.93. The minimum atomic E-state index is -0.448. The quantitative estimate of drug-likeness (QED) is 0.252. The van der Waals surface area contributed by atoms with Crippen molar-refractivity contribution in [2.75, 3.05) is 10.6 Å². The maximum atomic E-state index is 13.5. The highest BCUT2D eigenvalue weighted by molar-refractivity contribution is 6.31. The Morgan fingerprint density at radius 2 is 1.62 bits per heavy atom. The van der Waals surface area contributed by atoms with Gasteiger partial charge in [-0.25, -0.2) is 4.39 Å². The van der Waals surface area contributed by atoms with Gasteiger partial charge in [-0.15, -0.1) is 0 Å². The van der Waals surface area contributed by atoms with Gasteiger partial charge in [0.1, 0.15) is 17.3 Å². The molecule has 4 aromatic carbocycles. The number of fused-ring (bicyclic) bond motifs is 1. The van der Waals surface area contributed by atoms with Gasteiger partial charge in [0.25, 0.3) is 0 Å². The van der Waals surface area contributed by atoms with E-state index in [2.05, 4.69) is 21.7 Å². The first-order chi connectivity index (χ1) is 16.6. The van der Waals surface area contributed by atoms with E-state index in [-0.39, 0.29) is 5.02 Å². The summed E-state index contributed by atoms with van der Waals surface area (Å²) in [7, 11) is 0. The van der Waals surface area contributed by atoms with E-state index in [9.17, 15) is 4.39 Å². The summed E-state index contributed by atoms with van der Waals surface area (Å²) in [6.45, 7) is 0.633. The summed E-state index contributed by atoms with van der Waals surface area (Å²) in [6, 6.07) is 30.2. The van der Waals surface area contributed by atoms with Gasteiger partial charge in [0, 0.05) is 35.2 Å². The molecule has 5 rings (SSSR count). The predicted octanol–water partition coefficient (Wildman–Crippen LogP) is 8.18. The summed E-state index contributed by atoms with van der Waals surface area (Å²) in [5.41, 5.74) is 4.46. The molecule has 0 atom stereocenters. The van der Waals surface area contributed by atoms with Crippen molar-refractivity contribution in [2.45, 2.75) is 6.54 Å². The third-order valence-electron chi connectivity index (χ3n) is 5.31. The first-order valence-electron chi connectivity index (χ1n) is 10.8. The van der Waals surface area contributed by atoms with E-state index < -0.39 is 5.82 Å². The predicted molar refractivity (Wildman–Crippen MR) is 137 cm³/mol. The minimum absolute atomic E-state index is 0.0733. The number of anilines is 3. The molecule has 0 amide bonds. The van der Waals surface area contributed by atoms with Crippen molar-refractivity contribution in [1.29, 1.82) is 0 Å². The van der Waals surface area contributed by atoms with Gasteiger partial charge in [-0.3, -0.25) is 4.98 Å². The number of hydrogen-bond acceptors (Lipinski definition) is 4. The number of halogens is 2. The van der Waals surface area contributed by atoms with Crippen LogP contribution < -0.4 is 15.4 Å². The zero-order chi connectivity index (χ0) is 23.3. The second-order valence-corrected chi connectivity index (χ2v) is 8.17. The van der Waals surface area contributed by atoms with Gasteiger partial charge in [-0.05, 0) is 72.3 Å². The number of aromatic nitrogens is 1. The highest BCUT2D eigenvalue weighted by Gasteiger charge is 2.07. The Morgan fingerprint density at radius 1 is 0.794 bits per heavy atom. The summed E-state index contributed by atoms with van der Waals surface area (Å²) in [4.78, 5) is 4.46. The second-order valence-electron chi connectivity index (χ2n) is 7.76. The molecule has 0 saturated heterocycles. The van der Waals surface area contributed by atoms with Gasteiger partial charge in [-0.1, -0.05) is 41.9 Å². The van der Waals surface area contributed by atoms with Gasteiger partial charge >= 0.3 is 0 Å². The Bertz CT molecular complexity index is 1440. The molecule has 0 aliphatic heterocycles. The monoisotopic (exact) mass is 469 g/mol. The van der Waals surface area contributed by atoms with Crippen molar-refractivity contribution >= 4 is 39.6 Å². The molecule has 34 heavy (non-hydrogen) atoms. The molecule has 0 aliphatic rings. The summed E-state index contributed by atoms with van der Waals surface area (Å²) in [5, 5.41) is 7.79. The third kappa shape index (κ3) is 5.11. The Labute approximate surface area is 202 Å². The molecule has 0 spiro atoms. The van der Waals surface area contributed by atoms with Crippen molar-refractivity contribution in [3.63, 3.8) is 0 Å². The molecule has 168 valence electrons. The molecule has 0 aliphatic carbocycles. The molecular formula is C28H21ClFN3O. The lowest BCUT2D eigenvalue weighted by Gasteiger charge is -2.13. The first-order valence-corrected chi connectivity index (χ1v) is 11.2. The van der Waals surface area contributed by atoms with Crippen molar-refractivity contribution in [3.05, 3.63) is 120 Å². The fourth-order valence-corrected chi connectivity index (χ4v) is 3.82. The third-order valence-corrected chi connectivity index (χ3v) is 5.60. The second kappa shape index (κ2) is 9.81. The zero-order valence-corrected chi connectivity index (χ0v) is 18.9. The summed E-state index contributed by atoms with van der Waals surface area (Å²) < 4.78 is 19.5. The molecule has 4 nitrogen and oxygen atoms in total. The van der Waals surface area contributed by atoms with Gasteiger partial charge in [0.05, 0.1) is 10.5 Å². The number of rotatable bonds is 7. The number of ether oxygens (including phenoxy) is 1. The van der Waals surface area contributed by atoms with Gasteiger partial charge in [0.15, 0.2) is 0 Å². The zero-order valence-electron chi connectivity index (χ0n) is 18.1. The topological polar surface area (TPSA) is 46.2 Å². The molecule has 0 saturated carbocycles. The fourth-order valence-electron chi connectivity index (χ4n) is 3.64. The van der Waals surface area contributed by atoms with E-state index in [1.165, 1.54) is 6.07 Å². The maximum absolute atomic E-state index is 13.5. The highest BCUT2D eigenvalue weighted by atomic mass is 35.5. The highest BCUT2D eigenvalue weighted by Crippen LogP contribution is 2.29. The lowest BCUT2D eigenvalue weighted by molar-refractivity contribution is 0.482. The van der Waals surface area contributed by atoms with Crippen molar-refractivity contribution in [1.82, 2.24) is 4.98 Å². The van der Waals surface area contributed by atoms with E-state index in [1.54, 1.807) is 18.3 Å². The molecule has 0 bridgehead atoms. The summed E-state index contributed by atoms with van der Waals surface area (Å²) in [5.74, 6) is 1.14. The van der Waals surface area contributed by atoms with Crippen LogP contribution in [-0.4, -0.2) is 4.98 Å². The number of hydrogen-bond donors (Lipinski definition) is 2. The Hall–Kier alpha value is -4.09. The first kappa shape index (κ1) is 21.7. The van der Waals surface area contributed by atoms with Crippen LogP contribution in [0.5, 0.6) is 11.5 Å². The Balaban J connectivity index is 1.33. The lowest BCUT2D eigenvalue weighted by atomic mass is 10.1. The van der Waals surface area contributed by atoms with E-state index in [4.69, 9.17) is 16.3 Å². The fraction of sp³-hybridized carbons (Fsp3) is 0.0357.